The van der Waals surface area contributed by atoms with E-state index in [0.717, 1.165) is 0 Å². The maximum Gasteiger partial charge on any atom is 0.313 e. The van der Waals surface area contributed by atoms with Gasteiger partial charge in [-0.15, -0.1) is 0 Å². The van der Waals surface area contributed by atoms with Crippen LogP contribution < -0.4 is 0 Å². The van der Waals surface area contributed by atoms with E-state index in [9.17, 15) is 9.59 Å². The Balaban J connectivity index is -0.000000179. The molecule has 0 rings (SSSR count). The molecule has 0 amide bonds. The van der Waals surface area contributed by atoms with Crippen molar-refractivity contribution in [1.29, 1.82) is 0 Å². The summed E-state index contributed by atoms with van der Waals surface area (Å²) in [5.74, 6) is -0.644. The second-order valence-corrected chi connectivity index (χ2v) is 3.64. The summed E-state index contributed by atoms with van der Waals surface area (Å²) in [5, 5.41) is 16.1. The SMILES string of the molecule is CC(C)O.CC(C)O.COC(=O)CC(C)=O. The third-order valence-corrected chi connectivity index (χ3v) is 0.621. The van der Waals surface area contributed by atoms with E-state index in [1.807, 2.05) is 0 Å². The van der Waals surface area contributed by atoms with Crippen molar-refractivity contribution in [1.82, 2.24) is 0 Å². The molecule has 16 heavy (non-hydrogen) atoms. The third kappa shape index (κ3) is 74.2. The number of Topliss-reactive ketones (excluding diaryl/α,β-unsaturated/α-hetero) is 1. The molecule has 0 radical (unpaired) electrons. The van der Waals surface area contributed by atoms with Gasteiger partial charge in [-0.1, -0.05) is 0 Å². The zero-order valence-corrected chi connectivity index (χ0v) is 11.0. The average molecular weight is 236 g/mol. The van der Waals surface area contributed by atoms with Crippen LogP contribution in [0, 0.1) is 0 Å². The Bertz CT molecular complexity index is 164. The fourth-order valence-electron chi connectivity index (χ4n) is 0.275. The topological polar surface area (TPSA) is 83.8 Å². The van der Waals surface area contributed by atoms with Crippen molar-refractivity contribution in [3.05, 3.63) is 0 Å². The second-order valence-electron chi connectivity index (χ2n) is 3.64. The Labute approximate surface area is 97.4 Å². The average Bonchev–Trinajstić information content (AvgIpc) is 2.00. The summed E-state index contributed by atoms with van der Waals surface area (Å²) in [6, 6.07) is 0. The first-order valence-electron chi connectivity index (χ1n) is 5.05. The van der Waals surface area contributed by atoms with Gasteiger partial charge in [0.1, 0.15) is 12.2 Å². The Morgan fingerprint density at radius 1 is 1.06 bits per heavy atom. The standard InChI is InChI=1S/C5H8O3.2C3H8O/c1-4(6)3-5(7)8-2;2*1-3(2)4/h3H2,1-2H3;2*3-4H,1-2H3. The normalized spacial score (nSPS) is 8.62. The molecule has 5 nitrogen and oxygen atoms in total. The number of hydrogen-bond acceptors (Lipinski definition) is 5. The van der Waals surface area contributed by atoms with E-state index in [0.29, 0.717) is 0 Å². The van der Waals surface area contributed by atoms with Gasteiger partial charge in [0.25, 0.3) is 0 Å². The van der Waals surface area contributed by atoms with Crippen LogP contribution in [-0.2, 0) is 14.3 Å². The maximum absolute atomic E-state index is 10.2. The van der Waals surface area contributed by atoms with Gasteiger partial charge in [0, 0.05) is 12.2 Å². The molecule has 0 aliphatic rings. The van der Waals surface area contributed by atoms with Crippen LogP contribution in [0.15, 0.2) is 0 Å². The fourth-order valence-corrected chi connectivity index (χ4v) is 0.275. The quantitative estimate of drug-likeness (QED) is 0.550. The molecule has 0 fully saturated rings. The third-order valence-electron chi connectivity index (χ3n) is 0.621. The van der Waals surface area contributed by atoms with Gasteiger partial charge >= 0.3 is 5.97 Å². The van der Waals surface area contributed by atoms with Gasteiger partial charge in [-0.3, -0.25) is 9.59 Å². The van der Waals surface area contributed by atoms with Crippen molar-refractivity contribution in [2.24, 2.45) is 0 Å². The van der Waals surface area contributed by atoms with Crippen molar-refractivity contribution < 1.29 is 24.5 Å². The highest BCUT2D eigenvalue weighted by Gasteiger charge is 2.01. The van der Waals surface area contributed by atoms with E-state index < -0.39 is 5.97 Å². The molecule has 0 saturated carbocycles. The first-order chi connectivity index (χ1) is 7.13. The minimum absolute atomic E-state index is 0.115. The number of aliphatic hydroxyl groups excluding tert-OH is 2. The van der Waals surface area contributed by atoms with Crippen LogP contribution in [0.1, 0.15) is 41.0 Å². The smallest absolute Gasteiger partial charge is 0.313 e. The zero-order valence-electron chi connectivity index (χ0n) is 11.0. The van der Waals surface area contributed by atoms with Crippen molar-refractivity contribution in [2.45, 2.75) is 53.2 Å². The number of aliphatic hydroxyl groups is 2. The molecule has 2 N–H and O–H groups in total. The van der Waals surface area contributed by atoms with Gasteiger partial charge in [-0.2, -0.15) is 0 Å². The van der Waals surface area contributed by atoms with Gasteiger partial charge < -0.3 is 14.9 Å². The summed E-state index contributed by atoms with van der Waals surface area (Å²) in [7, 11) is 1.26. The maximum atomic E-state index is 10.2. The van der Waals surface area contributed by atoms with Crippen LogP contribution in [0.25, 0.3) is 0 Å². The van der Waals surface area contributed by atoms with E-state index in [1.165, 1.54) is 14.0 Å². The van der Waals surface area contributed by atoms with Crippen LogP contribution in [-0.4, -0.2) is 41.3 Å². The number of carbonyl (C=O) groups is 2. The number of hydrogen-bond donors (Lipinski definition) is 2. The molecular weight excluding hydrogens is 212 g/mol. The lowest BCUT2D eigenvalue weighted by Crippen LogP contribution is -2.05. The van der Waals surface area contributed by atoms with E-state index in [-0.39, 0.29) is 24.4 Å². The molecular formula is C11H24O5. The number of ether oxygens (including phenoxy) is 1. The first kappa shape index (κ1) is 20.5. The van der Waals surface area contributed by atoms with Gasteiger partial charge in [-0.05, 0) is 34.6 Å². The first-order valence-corrected chi connectivity index (χ1v) is 5.05. The van der Waals surface area contributed by atoms with E-state index >= 15 is 0 Å². The van der Waals surface area contributed by atoms with Crippen LogP contribution >= 0.6 is 0 Å². The highest BCUT2D eigenvalue weighted by atomic mass is 16.5. The molecule has 0 aromatic heterocycles. The molecule has 0 atom stereocenters. The molecule has 0 heterocycles. The number of methoxy groups -OCH3 is 1. The highest BCUT2D eigenvalue weighted by molar-refractivity contribution is 5.93. The minimum atomic E-state index is -0.475. The predicted molar refractivity (Wildman–Crippen MR) is 62.0 cm³/mol. The molecule has 0 unspecified atom stereocenters. The fraction of sp³-hybridized carbons (Fsp3) is 0.818. The number of ketones is 1. The molecule has 0 aliphatic heterocycles. The van der Waals surface area contributed by atoms with Crippen molar-refractivity contribution in [3.63, 3.8) is 0 Å². The van der Waals surface area contributed by atoms with Crippen molar-refractivity contribution >= 4 is 11.8 Å². The van der Waals surface area contributed by atoms with Crippen LogP contribution in [0.4, 0.5) is 0 Å². The number of rotatable bonds is 2. The molecule has 0 saturated heterocycles. The van der Waals surface area contributed by atoms with Crippen molar-refractivity contribution in [3.8, 4) is 0 Å². The summed E-state index contributed by atoms with van der Waals surface area (Å²) >= 11 is 0. The highest BCUT2D eigenvalue weighted by Crippen LogP contribution is 1.83. The number of carbonyl (C=O) groups excluding carboxylic acids is 2. The van der Waals surface area contributed by atoms with E-state index in [1.54, 1.807) is 27.7 Å². The van der Waals surface area contributed by atoms with E-state index in [2.05, 4.69) is 4.74 Å². The lowest BCUT2D eigenvalue weighted by molar-refractivity contribution is -0.142. The summed E-state index contributed by atoms with van der Waals surface area (Å²) in [6.45, 7) is 8.23. The largest absolute Gasteiger partial charge is 0.469 e. The second kappa shape index (κ2) is 14.1. The van der Waals surface area contributed by atoms with Gasteiger partial charge in [0.2, 0.25) is 0 Å². The van der Waals surface area contributed by atoms with Crippen LogP contribution in [0.3, 0.4) is 0 Å². The lowest BCUT2D eigenvalue weighted by atomic mass is 10.3. The molecule has 98 valence electrons. The number of esters is 1. The van der Waals surface area contributed by atoms with Crippen LogP contribution in [0.2, 0.25) is 0 Å². The molecule has 0 aromatic rings. The summed E-state index contributed by atoms with van der Waals surface area (Å²) in [5.41, 5.74) is 0. The Kier molecular flexibility index (Phi) is 18.0. The Morgan fingerprint density at radius 3 is 1.38 bits per heavy atom. The minimum Gasteiger partial charge on any atom is -0.469 e. The predicted octanol–water partition coefficient (Wildman–Crippen LogP) is 0.913. The molecule has 0 bridgehead atoms. The van der Waals surface area contributed by atoms with Gasteiger partial charge in [0.05, 0.1) is 7.11 Å². The Hall–Kier alpha value is -0.940. The summed E-state index contributed by atoms with van der Waals surface area (Å²) in [6.07, 6.45) is -0.448. The monoisotopic (exact) mass is 236 g/mol. The van der Waals surface area contributed by atoms with Crippen LogP contribution in [0.5, 0.6) is 0 Å². The summed E-state index contributed by atoms with van der Waals surface area (Å²) in [4.78, 5) is 20.3. The molecule has 0 aromatic carbocycles. The van der Waals surface area contributed by atoms with Gasteiger partial charge in [-0.25, -0.2) is 0 Å². The molecule has 0 spiro atoms. The molecule has 0 aliphatic carbocycles. The van der Waals surface area contributed by atoms with Gasteiger partial charge in [0.15, 0.2) is 0 Å². The summed E-state index contributed by atoms with van der Waals surface area (Å²) < 4.78 is 4.20. The van der Waals surface area contributed by atoms with Crippen molar-refractivity contribution in [2.75, 3.05) is 7.11 Å². The molecule has 5 heteroatoms. The Morgan fingerprint density at radius 2 is 1.31 bits per heavy atom. The lowest BCUT2D eigenvalue weighted by Gasteiger charge is -1.90. The van der Waals surface area contributed by atoms with E-state index in [4.69, 9.17) is 10.2 Å². The zero-order chi connectivity index (χ0) is 13.7.